The summed E-state index contributed by atoms with van der Waals surface area (Å²) in [6.07, 6.45) is 0.483. The Labute approximate surface area is 133 Å². The van der Waals surface area contributed by atoms with Crippen LogP contribution in [0.5, 0.6) is 5.75 Å². The molecule has 2 aromatic carbocycles. The number of nitrogens with zero attached hydrogens (tertiary/aromatic N) is 3. The van der Waals surface area contributed by atoms with Gasteiger partial charge < -0.3 is 9.67 Å². The van der Waals surface area contributed by atoms with Crippen LogP contribution < -0.4 is 0 Å². The first-order valence-electron chi connectivity index (χ1n) is 6.93. The fourth-order valence-corrected chi connectivity index (χ4v) is 3.33. The van der Waals surface area contributed by atoms with E-state index < -0.39 is 0 Å². The zero-order valence-corrected chi connectivity index (χ0v) is 12.9. The second-order valence-electron chi connectivity index (χ2n) is 5.01. The Hall–Kier alpha value is -2.45. The Bertz CT molecular complexity index is 850. The fraction of sp³-hybridized carbons (Fsp3) is 0.176. The van der Waals surface area contributed by atoms with Crippen molar-refractivity contribution >= 4 is 22.8 Å². The van der Waals surface area contributed by atoms with Crippen molar-refractivity contribution in [2.24, 2.45) is 7.05 Å². The molecule has 0 aliphatic rings. The Morgan fingerprint density at radius 3 is 2.68 bits per heavy atom. The van der Waals surface area contributed by atoms with E-state index in [-0.39, 0.29) is 11.0 Å². The molecule has 1 heterocycles. The van der Waals surface area contributed by atoms with E-state index in [0.29, 0.717) is 6.42 Å². The van der Waals surface area contributed by atoms with Gasteiger partial charge in [0, 0.05) is 13.5 Å². The molecule has 3 rings (SSSR count). The van der Waals surface area contributed by atoms with Crippen LogP contribution in [0.15, 0.2) is 53.7 Å². The van der Waals surface area contributed by atoms with E-state index in [1.165, 1.54) is 11.8 Å². The van der Waals surface area contributed by atoms with Gasteiger partial charge in [0.25, 0.3) is 0 Å². The molecule has 0 saturated heterocycles. The van der Waals surface area contributed by atoms with Gasteiger partial charge in [0.2, 0.25) is 0 Å². The van der Waals surface area contributed by atoms with E-state index in [4.69, 9.17) is 0 Å². The van der Waals surface area contributed by atoms with E-state index in [9.17, 15) is 10.4 Å². The number of hydrogen-bond acceptors (Lipinski definition) is 4. The first-order valence-corrected chi connectivity index (χ1v) is 7.81. The lowest BCUT2D eigenvalue weighted by atomic mass is 10.1. The van der Waals surface area contributed by atoms with Crippen LogP contribution in [0.3, 0.4) is 0 Å². The molecule has 0 fully saturated rings. The monoisotopic (exact) mass is 309 g/mol. The van der Waals surface area contributed by atoms with Crippen LogP contribution in [-0.4, -0.2) is 19.9 Å². The SMILES string of the molecule is Cn1c(SC(C#N)Cc2ccccc2O)nc2ccccc21. The van der Waals surface area contributed by atoms with Crippen LogP contribution in [0.2, 0.25) is 0 Å². The Kier molecular flexibility index (Phi) is 4.03. The summed E-state index contributed by atoms with van der Waals surface area (Å²) < 4.78 is 2.00. The van der Waals surface area contributed by atoms with Crippen LogP contribution in [0.4, 0.5) is 0 Å². The number of nitriles is 1. The topological polar surface area (TPSA) is 61.8 Å². The smallest absolute Gasteiger partial charge is 0.170 e. The van der Waals surface area contributed by atoms with Crippen molar-refractivity contribution in [3.63, 3.8) is 0 Å². The lowest BCUT2D eigenvalue weighted by molar-refractivity contribution is 0.468. The first-order chi connectivity index (χ1) is 10.7. The van der Waals surface area contributed by atoms with Crippen molar-refractivity contribution in [3.8, 4) is 11.8 Å². The largest absolute Gasteiger partial charge is 0.508 e. The first kappa shape index (κ1) is 14.5. The van der Waals surface area contributed by atoms with Crippen molar-refractivity contribution in [2.75, 3.05) is 0 Å². The number of phenolic OH excluding ortho intramolecular Hbond substituents is 1. The molecule has 1 aromatic heterocycles. The summed E-state index contributed by atoms with van der Waals surface area (Å²) in [7, 11) is 1.95. The predicted molar refractivity (Wildman–Crippen MR) is 87.8 cm³/mol. The summed E-state index contributed by atoms with van der Waals surface area (Å²) in [6, 6.07) is 17.3. The minimum Gasteiger partial charge on any atom is -0.508 e. The Balaban J connectivity index is 1.85. The quantitative estimate of drug-likeness (QED) is 0.749. The third-order valence-electron chi connectivity index (χ3n) is 3.53. The minimum absolute atomic E-state index is 0.230. The summed E-state index contributed by atoms with van der Waals surface area (Å²) in [5.41, 5.74) is 2.75. The van der Waals surface area contributed by atoms with Crippen LogP contribution in [0.1, 0.15) is 5.56 Å². The molecule has 3 aromatic rings. The fourth-order valence-electron chi connectivity index (χ4n) is 2.35. The van der Waals surface area contributed by atoms with Crippen LogP contribution in [0, 0.1) is 11.3 Å². The summed E-state index contributed by atoms with van der Waals surface area (Å²) in [6.45, 7) is 0. The molecule has 1 atom stereocenters. The lowest BCUT2D eigenvalue weighted by Gasteiger charge is -2.10. The van der Waals surface area contributed by atoms with Crippen LogP contribution in [-0.2, 0) is 13.5 Å². The molecule has 0 bridgehead atoms. The number of aromatic nitrogens is 2. The maximum atomic E-state index is 9.85. The zero-order chi connectivity index (χ0) is 15.5. The average Bonchev–Trinajstić information content (AvgIpc) is 2.85. The van der Waals surface area contributed by atoms with Gasteiger partial charge in [0.05, 0.1) is 17.1 Å². The van der Waals surface area contributed by atoms with Crippen molar-refractivity contribution in [3.05, 3.63) is 54.1 Å². The molecule has 5 heteroatoms. The molecule has 4 nitrogen and oxygen atoms in total. The number of benzene rings is 2. The van der Waals surface area contributed by atoms with Crippen molar-refractivity contribution in [1.29, 1.82) is 5.26 Å². The number of fused-ring (bicyclic) bond motifs is 1. The predicted octanol–water partition coefficient (Wildman–Crippen LogP) is 3.51. The maximum absolute atomic E-state index is 9.85. The molecule has 1 N–H and O–H groups in total. The maximum Gasteiger partial charge on any atom is 0.170 e. The second kappa shape index (κ2) is 6.12. The number of phenols is 1. The van der Waals surface area contributed by atoms with Gasteiger partial charge in [-0.3, -0.25) is 0 Å². The number of para-hydroxylation sites is 3. The molecule has 0 amide bonds. The number of aromatic hydroxyl groups is 1. The van der Waals surface area contributed by atoms with Gasteiger partial charge in [0.15, 0.2) is 5.16 Å². The van der Waals surface area contributed by atoms with Crippen molar-refractivity contribution in [2.45, 2.75) is 16.8 Å². The molecular weight excluding hydrogens is 294 g/mol. The number of rotatable bonds is 4. The summed E-state index contributed by atoms with van der Waals surface area (Å²) >= 11 is 1.42. The molecule has 1 unspecified atom stereocenters. The third kappa shape index (κ3) is 2.78. The number of hydrogen-bond donors (Lipinski definition) is 1. The van der Waals surface area contributed by atoms with Gasteiger partial charge >= 0.3 is 0 Å². The van der Waals surface area contributed by atoms with Crippen molar-refractivity contribution in [1.82, 2.24) is 9.55 Å². The molecule has 0 radical (unpaired) electrons. The van der Waals surface area contributed by atoms with Gasteiger partial charge in [-0.2, -0.15) is 5.26 Å². The van der Waals surface area contributed by atoms with Crippen LogP contribution in [0.25, 0.3) is 11.0 Å². The highest BCUT2D eigenvalue weighted by Gasteiger charge is 2.17. The number of thioether (sulfide) groups is 1. The highest BCUT2D eigenvalue weighted by Crippen LogP contribution is 2.29. The third-order valence-corrected chi connectivity index (χ3v) is 4.67. The summed E-state index contributed by atoms with van der Waals surface area (Å²) in [4.78, 5) is 4.58. The standard InChI is InChI=1S/C17H15N3OS/c1-20-15-8-4-3-7-14(15)19-17(20)22-13(11-18)10-12-6-2-5-9-16(12)21/h2-9,13,21H,10H2,1H3. The van der Waals surface area contributed by atoms with E-state index in [1.807, 2.05) is 48.0 Å². The normalized spacial score (nSPS) is 12.2. The minimum atomic E-state index is -0.302. The number of imidazole rings is 1. The highest BCUT2D eigenvalue weighted by molar-refractivity contribution is 8.00. The van der Waals surface area contributed by atoms with E-state index in [0.717, 1.165) is 21.8 Å². The molecule has 0 aliphatic heterocycles. The van der Waals surface area contributed by atoms with Crippen LogP contribution >= 0.6 is 11.8 Å². The Morgan fingerprint density at radius 2 is 1.95 bits per heavy atom. The lowest BCUT2D eigenvalue weighted by Crippen LogP contribution is -2.06. The second-order valence-corrected chi connectivity index (χ2v) is 6.18. The molecule has 0 aliphatic carbocycles. The highest BCUT2D eigenvalue weighted by atomic mass is 32.2. The molecule has 0 saturated carbocycles. The average molecular weight is 309 g/mol. The van der Waals surface area contributed by atoms with Gasteiger partial charge in [0.1, 0.15) is 11.0 Å². The molecule has 0 spiro atoms. The van der Waals surface area contributed by atoms with Crippen molar-refractivity contribution < 1.29 is 5.11 Å². The Morgan fingerprint density at radius 1 is 1.23 bits per heavy atom. The van der Waals surface area contributed by atoms with Gasteiger partial charge in [-0.1, -0.05) is 42.1 Å². The number of aryl methyl sites for hydroxylation is 1. The van der Waals surface area contributed by atoms with E-state index >= 15 is 0 Å². The van der Waals surface area contributed by atoms with Gasteiger partial charge in [-0.15, -0.1) is 0 Å². The molecule has 22 heavy (non-hydrogen) atoms. The zero-order valence-electron chi connectivity index (χ0n) is 12.1. The summed E-state index contributed by atoms with van der Waals surface area (Å²) in [5.74, 6) is 0.230. The molecular formula is C17H15N3OS. The van der Waals surface area contributed by atoms with Gasteiger partial charge in [-0.05, 0) is 23.8 Å². The van der Waals surface area contributed by atoms with E-state index in [1.54, 1.807) is 12.1 Å². The summed E-state index contributed by atoms with van der Waals surface area (Å²) in [5, 5.41) is 19.8. The van der Waals surface area contributed by atoms with E-state index in [2.05, 4.69) is 11.1 Å². The molecule has 110 valence electrons. The van der Waals surface area contributed by atoms with Gasteiger partial charge in [-0.25, -0.2) is 4.98 Å².